The quantitative estimate of drug-likeness (QED) is 0.527. The first-order chi connectivity index (χ1) is 12.5. The maximum atomic E-state index is 12.9. The highest BCUT2D eigenvalue weighted by Crippen LogP contribution is 2.20. The summed E-state index contributed by atoms with van der Waals surface area (Å²) in [4.78, 5) is 23.0. The van der Waals surface area contributed by atoms with E-state index in [2.05, 4.69) is 10.5 Å². The molecule has 3 N–H and O–H groups in total. The number of aryl methyl sites for hydroxylation is 1. The van der Waals surface area contributed by atoms with Crippen molar-refractivity contribution in [1.29, 1.82) is 0 Å². The van der Waals surface area contributed by atoms with Crippen LogP contribution in [0.1, 0.15) is 22.3 Å². The molecule has 0 aliphatic carbocycles. The molecule has 0 bridgehead atoms. The number of carbonyl (C=O) groups excluding carboxylic acids is 2. The summed E-state index contributed by atoms with van der Waals surface area (Å²) in [5, 5.41) is 4.92. The first-order valence-electron chi connectivity index (χ1n) is 8.00. The van der Waals surface area contributed by atoms with E-state index in [0.29, 0.717) is 12.1 Å². The predicted octanol–water partition coefficient (Wildman–Crippen LogP) is 2.42. The van der Waals surface area contributed by atoms with Gasteiger partial charge in [0.25, 0.3) is 5.91 Å². The van der Waals surface area contributed by atoms with Gasteiger partial charge in [0.15, 0.2) is 0 Å². The number of primary amides is 1. The maximum Gasteiger partial charge on any atom is 0.271 e. The molecule has 0 saturated heterocycles. The summed E-state index contributed by atoms with van der Waals surface area (Å²) in [6.07, 6.45) is 3.61. The fourth-order valence-corrected chi connectivity index (χ4v) is 2.62. The zero-order valence-corrected chi connectivity index (χ0v) is 13.9. The van der Waals surface area contributed by atoms with E-state index in [4.69, 9.17) is 5.73 Å². The molecule has 0 unspecified atom stereocenters. The molecule has 6 nitrogen and oxygen atoms in total. The van der Waals surface area contributed by atoms with E-state index in [-0.39, 0.29) is 12.3 Å². The molecule has 0 aliphatic rings. The lowest BCUT2D eigenvalue weighted by molar-refractivity contribution is -0.118. The summed E-state index contributed by atoms with van der Waals surface area (Å²) in [6.45, 7) is 0.464. The third-order valence-electron chi connectivity index (χ3n) is 3.89. The van der Waals surface area contributed by atoms with E-state index in [9.17, 15) is 14.0 Å². The van der Waals surface area contributed by atoms with Gasteiger partial charge in [0.05, 0.1) is 6.21 Å². The normalized spacial score (nSPS) is 11.1. The minimum Gasteiger partial charge on any atom is -0.370 e. The second-order valence-electron chi connectivity index (χ2n) is 5.72. The number of hydrazone groups is 1. The van der Waals surface area contributed by atoms with Crippen molar-refractivity contribution in [3.8, 4) is 0 Å². The van der Waals surface area contributed by atoms with Crippen molar-refractivity contribution in [2.75, 3.05) is 0 Å². The van der Waals surface area contributed by atoms with Crippen molar-refractivity contribution >= 4 is 28.9 Å². The summed E-state index contributed by atoms with van der Waals surface area (Å²) >= 11 is 0. The molecule has 7 heteroatoms. The zero-order valence-electron chi connectivity index (χ0n) is 13.9. The van der Waals surface area contributed by atoms with E-state index in [0.717, 1.165) is 16.5 Å². The minimum atomic E-state index is -0.432. The van der Waals surface area contributed by atoms with Gasteiger partial charge in [-0.1, -0.05) is 18.2 Å². The summed E-state index contributed by atoms with van der Waals surface area (Å²) in [5.74, 6) is -1.21. The molecule has 1 heterocycles. The van der Waals surface area contributed by atoms with Crippen LogP contribution in [-0.2, 0) is 11.3 Å². The molecule has 0 aliphatic heterocycles. The average Bonchev–Trinajstić information content (AvgIpc) is 2.98. The Labute approximate surface area is 149 Å². The van der Waals surface area contributed by atoms with Gasteiger partial charge in [-0.05, 0) is 30.3 Å². The van der Waals surface area contributed by atoms with Crippen molar-refractivity contribution in [3.63, 3.8) is 0 Å². The number of nitrogens with two attached hydrogens (primary N) is 1. The van der Waals surface area contributed by atoms with Crippen molar-refractivity contribution in [2.45, 2.75) is 13.0 Å². The van der Waals surface area contributed by atoms with Crippen LogP contribution in [0.15, 0.2) is 59.8 Å². The van der Waals surface area contributed by atoms with Crippen molar-refractivity contribution in [2.24, 2.45) is 10.8 Å². The number of carbonyl (C=O) groups is 2. The van der Waals surface area contributed by atoms with Gasteiger partial charge in [-0.2, -0.15) is 5.10 Å². The number of nitrogens with zero attached hydrogens (tertiary/aromatic N) is 2. The number of amides is 2. The predicted molar refractivity (Wildman–Crippen MR) is 97.2 cm³/mol. The lowest BCUT2D eigenvalue weighted by Gasteiger charge is -2.02. The number of nitrogens with one attached hydrogen (secondary N) is 1. The molecule has 1 aromatic heterocycles. The average molecular weight is 352 g/mol. The highest BCUT2D eigenvalue weighted by atomic mass is 19.1. The Hall–Kier alpha value is -3.48. The Morgan fingerprint density at radius 2 is 1.88 bits per heavy atom. The zero-order chi connectivity index (χ0) is 18.5. The van der Waals surface area contributed by atoms with Crippen LogP contribution in [0, 0.1) is 5.82 Å². The molecule has 0 radical (unpaired) electrons. The van der Waals surface area contributed by atoms with Crippen LogP contribution in [0.3, 0.4) is 0 Å². The molecule has 2 amide bonds. The topological polar surface area (TPSA) is 89.5 Å². The van der Waals surface area contributed by atoms with Crippen LogP contribution in [-0.4, -0.2) is 22.6 Å². The molecule has 2 aromatic carbocycles. The number of hydrogen-bond acceptors (Lipinski definition) is 3. The summed E-state index contributed by atoms with van der Waals surface area (Å²) in [6, 6.07) is 12.9. The van der Waals surface area contributed by atoms with Crippen LogP contribution in [0.25, 0.3) is 10.9 Å². The third kappa shape index (κ3) is 3.94. The van der Waals surface area contributed by atoms with E-state index < -0.39 is 11.7 Å². The molecule has 26 heavy (non-hydrogen) atoms. The molecule has 3 rings (SSSR count). The molecule has 0 atom stereocenters. The smallest absolute Gasteiger partial charge is 0.271 e. The number of fused-ring (bicyclic) bond motifs is 1. The minimum absolute atomic E-state index is 0.233. The SMILES string of the molecule is NC(=O)CCn1cc(/C=N\NC(=O)c2ccc(F)cc2)c2ccccc21. The Balaban J connectivity index is 1.77. The van der Waals surface area contributed by atoms with Crippen LogP contribution < -0.4 is 11.2 Å². The van der Waals surface area contributed by atoms with E-state index in [1.54, 1.807) is 0 Å². The number of rotatable bonds is 6. The molecular weight excluding hydrogens is 335 g/mol. The van der Waals surface area contributed by atoms with Crippen LogP contribution in [0.5, 0.6) is 0 Å². The van der Waals surface area contributed by atoms with E-state index in [1.165, 1.54) is 30.5 Å². The molecule has 0 spiro atoms. The second kappa shape index (κ2) is 7.60. The Bertz CT molecular complexity index is 977. The first-order valence-corrected chi connectivity index (χ1v) is 8.00. The molecule has 132 valence electrons. The lowest BCUT2D eigenvalue weighted by Crippen LogP contribution is -2.17. The van der Waals surface area contributed by atoms with Gasteiger partial charge in [-0.25, -0.2) is 9.82 Å². The van der Waals surface area contributed by atoms with E-state index in [1.807, 2.05) is 35.0 Å². The molecule has 0 saturated carbocycles. The molecular formula is C19H17FN4O2. The van der Waals surface area contributed by atoms with Gasteiger partial charge < -0.3 is 10.3 Å². The second-order valence-corrected chi connectivity index (χ2v) is 5.72. The van der Waals surface area contributed by atoms with Crippen LogP contribution >= 0.6 is 0 Å². The highest BCUT2D eigenvalue weighted by molar-refractivity contribution is 6.00. The highest BCUT2D eigenvalue weighted by Gasteiger charge is 2.08. The lowest BCUT2D eigenvalue weighted by atomic mass is 10.2. The molecule has 3 aromatic rings. The third-order valence-corrected chi connectivity index (χ3v) is 3.89. The van der Waals surface area contributed by atoms with Gasteiger partial charge >= 0.3 is 0 Å². The largest absolute Gasteiger partial charge is 0.370 e. The monoisotopic (exact) mass is 352 g/mol. The molecule has 0 fully saturated rings. The number of halogens is 1. The number of aromatic nitrogens is 1. The van der Waals surface area contributed by atoms with Crippen molar-refractivity contribution < 1.29 is 14.0 Å². The maximum absolute atomic E-state index is 12.9. The standard InChI is InChI=1S/C19H17FN4O2/c20-15-7-5-13(6-8-15)19(26)23-22-11-14-12-24(10-9-18(21)25)17-4-2-1-3-16(14)17/h1-8,11-12H,9-10H2,(H2,21,25)(H,23,26)/b22-11-. The van der Waals surface area contributed by atoms with Gasteiger partial charge in [0.2, 0.25) is 5.91 Å². The van der Waals surface area contributed by atoms with Crippen molar-refractivity contribution in [3.05, 3.63) is 71.7 Å². The Morgan fingerprint density at radius 1 is 1.15 bits per heavy atom. The fraction of sp³-hybridized carbons (Fsp3) is 0.105. The van der Waals surface area contributed by atoms with Gasteiger partial charge in [-0.15, -0.1) is 0 Å². The number of benzene rings is 2. The van der Waals surface area contributed by atoms with Crippen LogP contribution in [0.4, 0.5) is 4.39 Å². The van der Waals surface area contributed by atoms with Crippen LogP contribution in [0.2, 0.25) is 0 Å². The van der Waals surface area contributed by atoms with Gasteiger partial charge in [-0.3, -0.25) is 9.59 Å². The van der Waals surface area contributed by atoms with Gasteiger partial charge in [0, 0.05) is 41.2 Å². The summed E-state index contributed by atoms with van der Waals surface area (Å²) < 4.78 is 14.8. The summed E-state index contributed by atoms with van der Waals surface area (Å²) in [7, 11) is 0. The number of para-hydroxylation sites is 1. The Morgan fingerprint density at radius 3 is 2.62 bits per heavy atom. The van der Waals surface area contributed by atoms with Crippen molar-refractivity contribution in [1.82, 2.24) is 9.99 Å². The number of hydrogen-bond donors (Lipinski definition) is 2. The van der Waals surface area contributed by atoms with E-state index >= 15 is 0 Å². The van der Waals surface area contributed by atoms with Gasteiger partial charge in [0.1, 0.15) is 5.82 Å². The Kier molecular flexibility index (Phi) is 5.07. The fourth-order valence-electron chi connectivity index (χ4n) is 2.62. The first kappa shape index (κ1) is 17.3. The summed E-state index contributed by atoms with van der Waals surface area (Å²) in [5.41, 5.74) is 9.69.